The van der Waals surface area contributed by atoms with Crippen molar-refractivity contribution in [3.8, 4) is 5.75 Å². The van der Waals surface area contributed by atoms with E-state index in [1.54, 1.807) is 24.8 Å². The van der Waals surface area contributed by atoms with E-state index in [1.165, 1.54) is 41.5 Å². The van der Waals surface area contributed by atoms with Gasteiger partial charge in [0.1, 0.15) is 12.1 Å². The molecule has 2 aromatic heterocycles. The lowest BCUT2D eigenvalue weighted by atomic mass is 10.0. The van der Waals surface area contributed by atoms with Gasteiger partial charge >= 0.3 is 0 Å². The summed E-state index contributed by atoms with van der Waals surface area (Å²) in [5.74, 6) is 1.19. The summed E-state index contributed by atoms with van der Waals surface area (Å²) in [4.78, 5) is 16.5. The van der Waals surface area contributed by atoms with Crippen LogP contribution in [-0.4, -0.2) is 58.1 Å². The zero-order chi connectivity index (χ0) is 22.9. The van der Waals surface area contributed by atoms with Crippen molar-refractivity contribution in [1.82, 2.24) is 25.0 Å². The highest BCUT2D eigenvalue weighted by molar-refractivity contribution is 7.99. The molecule has 0 radical (unpaired) electrons. The lowest BCUT2D eigenvalue weighted by molar-refractivity contribution is -0.118. The van der Waals surface area contributed by atoms with Crippen LogP contribution in [0.5, 0.6) is 5.75 Å². The molecule has 1 aliphatic heterocycles. The van der Waals surface area contributed by atoms with E-state index in [1.807, 2.05) is 16.7 Å². The van der Waals surface area contributed by atoms with Crippen LogP contribution in [0.25, 0.3) is 0 Å². The number of methoxy groups -OCH3 is 1. The molecule has 1 N–H and O–H groups in total. The van der Waals surface area contributed by atoms with Gasteiger partial charge in [-0.05, 0) is 61.5 Å². The van der Waals surface area contributed by atoms with Gasteiger partial charge in [0, 0.05) is 18.0 Å². The molecule has 7 nitrogen and oxygen atoms in total. The molecule has 1 saturated heterocycles. The Morgan fingerprint density at radius 3 is 2.76 bits per heavy atom. The molecule has 4 rings (SSSR count). The Morgan fingerprint density at radius 1 is 1.21 bits per heavy atom. The van der Waals surface area contributed by atoms with Crippen molar-refractivity contribution in [1.29, 1.82) is 0 Å². The van der Waals surface area contributed by atoms with Gasteiger partial charge in [-0.2, -0.15) is 0 Å². The van der Waals surface area contributed by atoms with Crippen LogP contribution in [0.3, 0.4) is 0 Å². The first-order chi connectivity index (χ1) is 16.2. The number of thiophene rings is 1. The third-order valence-electron chi connectivity index (χ3n) is 5.92. The summed E-state index contributed by atoms with van der Waals surface area (Å²) in [7, 11) is 1.68. The minimum absolute atomic E-state index is 0.0170. The predicted molar refractivity (Wildman–Crippen MR) is 133 cm³/mol. The molecule has 176 valence electrons. The fraction of sp³-hybridized carbons (Fsp3) is 0.458. The van der Waals surface area contributed by atoms with Crippen LogP contribution in [0.4, 0.5) is 0 Å². The van der Waals surface area contributed by atoms with Gasteiger partial charge in [-0.15, -0.1) is 21.5 Å². The number of likely N-dealkylation sites (tertiary alicyclic amines) is 1. The number of carbonyl (C=O) groups excluding carboxylic acids is 1. The van der Waals surface area contributed by atoms with Crippen molar-refractivity contribution >= 4 is 29.0 Å². The van der Waals surface area contributed by atoms with Crippen molar-refractivity contribution < 1.29 is 9.53 Å². The first kappa shape index (κ1) is 23.8. The summed E-state index contributed by atoms with van der Waals surface area (Å²) in [6.07, 6.45) is 6.37. The minimum atomic E-state index is 0.0170. The second kappa shape index (κ2) is 12.2. The molecule has 0 spiro atoms. The van der Waals surface area contributed by atoms with Gasteiger partial charge in [0.15, 0.2) is 5.16 Å². The zero-order valence-corrected chi connectivity index (χ0v) is 20.6. The number of aromatic nitrogens is 3. The molecule has 33 heavy (non-hydrogen) atoms. The molecule has 1 atom stereocenters. The molecule has 0 aliphatic carbocycles. The molecular formula is C24H31N5O2S2. The third kappa shape index (κ3) is 6.82. The highest BCUT2D eigenvalue weighted by Crippen LogP contribution is 2.26. The molecule has 1 aromatic carbocycles. The largest absolute Gasteiger partial charge is 0.497 e. The van der Waals surface area contributed by atoms with Crippen LogP contribution in [0.2, 0.25) is 0 Å². The Kier molecular flexibility index (Phi) is 8.79. The third-order valence-corrected chi connectivity index (χ3v) is 7.83. The summed E-state index contributed by atoms with van der Waals surface area (Å²) in [5.41, 5.74) is 1.21. The topological polar surface area (TPSA) is 72.3 Å². The summed E-state index contributed by atoms with van der Waals surface area (Å²) in [5, 5.41) is 14.3. The van der Waals surface area contributed by atoms with Crippen LogP contribution in [0, 0.1) is 0 Å². The highest BCUT2D eigenvalue weighted by Gasteiger charge is 2.23. The number of nitrogens with zero attached hydrogens (tertiary/aromatic N) is 4. The normalized spacial score (nSPS) is 15.3. The summed E-state index contributed by atoms with van der Waals surface area (Å²) in [6, 6.07) is 12.6. The van der Waals surface area contributed by atoms with E-state index < -0.39 is 0 Å². The van der Waals surface area contributed by atoms with Gasteiger partial charge in [-0.25, -0.2) is 0 Å². The Balaban J connectivity index is 1.30. The highest BCUT2D eigenvalue weighted by atomic mass is 32.2. The van der Waals surface area contributed by atoms with Crippen molar-refractivity contribution in [3.05, 3.63) is 58.5 Å². The molecule has 1 aliphatic rings. The van der Waals surface area contributed by atoms with Crippen molar-refractivity contribution in [2.24, 2.45) is 0 Å². The number of nitrogens with one attached hydrogen (secondary N) is 1. The number of thioether (sulfide) groups is 1. The van der Waals surface area contributed by atoms with Gasteiger partial charge in [-0.1, -0.05) is 36.4 Å². The quantitative estimate of drug-likeness (QED) is 0.414. The van der Waals surface area contributed by atoms with E-state index in [0.29, 0.717) is 12.3 Å². The number of amides is 1. The van der Waals surface area contributed by atoms with Gasteiger partial charge in [0.05, 0.1) is 18.9 Å². The molecule has 9 heteroatoms. The van der Waals surface area contributed by atoms with E-state index in [-0.39, 0.29) is 11.9 Å². The second-order valence-corrected chi connectivity index (χ2v) is 10.1. The maximum Gasteiger partial charge on any atom is 0.230 e. The number of ether oxygens (including phenoxy) is 1. The molecule has 0 unspecified atom stereocenters. The van der Waals surface area contributed by atoms with Crippen molar-refractivity contribution in [2.45, 2.75) is 43.4 Å². The zero-order valence-electron chi connectivity index (χ0n) is 19.0. The number of piperidine rings is 1. The number of rotatable bonds is 11. The average Bonchev–Trinajstić information content (AvgIpc) is 3.54. The maximum absolute atomic E-state index is 12.7. The van der Waals surface area contributed by atoms with Gasteiger partial charge in [0.25, 0.3) is 0 Å². The SMILES string of the molecule is COc1ccc([C@H](CNC(=O)CSc2nncn2CCc2cccs2)N2CCCCC2)cc1. The number of hydrogen-bond acceptors (Lipinski definition) is 7. The van der Waals surface area contributed by atoms with E-state index in [0.717, 1.165) is 37.0 Å². The number of benzene rings is 1. The van der Waals surface area contributed by atoms with E-state index in [2.05, 4.69) is 50.1 Å². The lowest BCUT2D eigenvalue weighted by Crippen LogP contribution is -2.41. The van der Waals surface area contributed by atoms with E-state index in [4.69, 9.17) is 4.74 Å². The van der Waals surface area contributed by atoms with E-state index >= 15 is 0 Å². The average molecular weight is 486 g/mol. The number of carbonyl (C=O) groups is 1. The van der Waals surface area contributed by atoms with Crippen LogP contribution < -0.4 is 10.1 Å². The molecule has 1 fully saturated rings. The fourth-order valence-electron chi connectivity index (χ4n) is 4.10. The predicted octanol–water partition coefficient (Wildman–Crippen LogP) is 4.03. The van der Waals surface area contributed by atoms with Crippen LogP contribution in [-0.2, 0) is 17.8 Å². The van der Waals surface area contributed by atoms with Crippen LogP contribution in [0.1, 0.15) is 35.7 Å². The van der Waals surface area contributed by atoms with Crippen LogP contribution >= 0.6 is 23.1 Å². The molecule has 0 saturated carbocycles. The smallest absolute Gasteiger partial charge is 0.230 e. The molecule has 3 heterocycles. The minimum Gasteiger partial charge on any atom is -0.497 e. The van der Waals surface area contributed by atoms with Gasteiger partial charge in [-0.3, -0.25) is 9.69 Å². The first-order valence-electron chi connectivity index (χ1n) is 11.4. The van der Waals surface area contributed by atoms with Crippen molar-refractivity contribution in [2.75, 3.05) is 32.5 Å². The Labute approximate surface area is 203 Å². The standard InChI is InChI=1S/C24H31N5O2S2/c1-31-20-9-7-19(8-10-20)22(28-12-3-2-4-13-28)16-25-23(30)17-33-24-27-26-18-29(24)14-11-21-6-5-15-32-21/h5-10,15,18,22H,2-4,11-14,16-17H2,1H3,(H,25,30)/t22-/m0/s1. The Morgan fingerprint density at radius 2 is 2.03 bits per heavy atom. The molecule has 1 amide bonds. The maximum atomic E-state index is 12.7. The molecule has 0 bridgehead atoms. The summed E-state index contributed by atoms with van der Waals surface area (Å²) >= 11 is 3.19. The lowest BCUT2D eigenvalue weighted by Gasteiger charge is -2.35. The Hall–Kier alpha value is -2.36. The molecule has 3 aromatic rings. The van der Waals surface area contributed by atoms with Gasteiger partial charge in [0.2, 0.25) is 5.91 Å². The van der Waals surface area contributed by atoms with Gasteiger partial charge < -0.3 is 14.6 Å². The van der Waals surface area contributed by atoms with Crippen LogP contribution in [0.15, 0.2) is 53.3 Å². The molecular weight excluding hydrogens is 454 g/mol. The summed E-state index contributed by atoms with van der Waals surface area (Å²) < 4.78 is 7.33. The monoisotopic (exact) mass is 485 g/mol. The number of hydrogen-bond donors (Lipinski definition) is 1. The van der Waals surface area contributed by atoms with E-state index in [9.17, 15) is 4.79 Å². The number of aryl methyl sites for hydroxylation is 2. The Bertz CT molecular complexity index is 985. The summed E-state index contributed by atoms with van der Waals surface area (Å²) in [6.45, 7) is 3.53. The first-order valence-corrected chi connectivity index (χ1v) is 13.3. The van der Waals surface area contributed by atoms with Crippen molar-refractivity contribution in [3.63, 3.8) is 0 Å². The fourth-order valence-corrected chi connectivity index (χ4v) is 5.57. The second-order valence-electron chi connectivity index (χ2n) is 8.11.